The third kappa shape index (κ3) is 3.56. The van der Waals surface area contributed by atoms with Crippen LogP contribution in [0.15, 0.2) is 47.8 Å². The highest BCUT2D eigenvalue weighted by Crippen LogP contribution is 2.29. The molecule has 1 aromatic heterocycles. The molecule has 6 nitrogen and oxygen atoms in total. The van der Waals surface area contributed by atoms with Crippen molar-refractivity contribution in [2.24, 2.45) is 0 Å². The van der Waals surface area contributed by atoms with Crippen molar-refractivity contribution in [3.05, 3.63) is 53.4 Å². The molecule has 3 rings (SSSR count). The van der Waals surface area contributed by atoms with Gasteiger partial charge in [-0.15, -0.1) is 11.3 Å². The lowest BCUT2D eigenvalue weighted by Crippen LogP contribution is -2.14. The number of benzene rings is 2. The van der Waals surface area contributed by atoms with Crippen LogP contribution in [-0.2, 0) is 0 Å². The standard InChI is InChI=1S/C18H17N3O3S/c1-23-14-4-3-5-15(24-2)16(14)17(22)20-12-8-6-11(7-9-12)13-10-25-18(19)21-13/h3-10H,1-2H3,(H2,19,21)(H,20,22). The quantitative estimate of drug-likeness (QED) is 0.729. The monoisotopic (exact) mass is 355 g/mol. The molecular formula is C18H17N3O3S. The molecule has 0 aliphatic rings. The van der Waals surface area contributed by atoms with Crippen molar-refractivity contribution in [2.45, 2.75) is 0 Å². The number of nitrogens with two attached hydrogens (primary N) is 1. The Hall–Kier alpha value is -3.06. The minimum atomic E-state index is -0.306. The summed E-state index contributed by atoms with van der Waals surface area (Å²) in [5.41, 5.74) is 8.41. The van der Waals surface area contributed by atoms with Crippen molar-refractivity contribution in [1.29, 1.82) is 0 Å². The first-order chi connectivity index (χ1) is 12.1. The van der Waals surface area contributed by atoms with Crippen LogP contribution in [0.5, 0.6) is 11.5 Å². The molecule has 0 saturated heterocycles. The number of thiazole rings is 1. The van der Waals surface area contributed by atoms with Crippen molar-refractivity contribution in [1.82, 2.24) is 4.98 Å². The number of methoxy groups -OCH3 is 2. The number of carbonyl (C=O) groups excluding carboxylic acids is 1. The van der Waals surface area contributed by atoms with Crippen LogP contribution in [0, 0.1) is 0 Å². The minimum absolute atomic E-state index is 0.306. The van der Waals surface area contributed by atoms with Crippen molar-refractivity contribution < 1.29 is 14.3 Å². The van der Waals surface area contributed by atoms with Gasteiger partial charge in [-0.05, 0) is 24.3 Å². The van der Waals surface area contributed by atoms with Gasteiger partial charge in [0.25, 0.3) is 5.91 Å². The Morgan fingerprint density at radius 1 is 1.08 bits per heavy atom. The van der Waals surface area contributed by atoms with Gasteiger partial charge in [-0.1, -0.05) is 18.2 Å². The molecule has 1 amide bonds. The molecule has 0 saturated carbocycles. The van der Waals surface area contributed by atoms with Gasteiger partial charge in [-0.2, -0.15) is 0 Å². The molecule has 7 heteroatoms. The summed E-state index contributed by atoms with van der Waals surface area (Å²) in [5.74, 6) is 0.595. The van der Waals surface area contributed by atoms with Gasteiger partial charge in [0.05, 0.1) is 19.9 Å². The van der Waals surface area contributed by atoms with E-state index in [1.807, 2.05) is 29.6 Å². The van der Waals surface area contributed by atoms with E-state index >= 15 is 0 Å². The Bertz CT molecular complexity index is 869. The highest BCUT2D eigenvalue weighted by molar-refractivity contribution is 7.13. The van der Waals surface area contributed by atoms with Crippen LogP contribution in [0.25, 0.3) is 11.3 Å². The first-order valence-corrected chi connectivity index (χ1v) is 8.34. The molecule has 2 aromatic carbocycles. The van der Waals surface area contributed by atoms with Gasteiger partial charge in [-0.25, -0.2) is 4.98 Å². The lowest BCUT2D eigenvalue weighted by Gasteiger charge is -2.13. The summed E-state index contributed by atoms with van der Waals surface area (Å²) in [6.07, 6.45) is 0. The van der Waals surface area contributed by atoms with Crippen LogP contribution >= 0.6 is 11.3 Å². The summed E-state index contributed by atoms with van der Waals surface area (Å²) in [6, 6.07) is 12.6. The Labute approximate surface area is 149 Å². The predicted molar refractivity (Wildman–Crippen MR) is 99.5 cm³/mol. The molecule has 25 heavy (non-hydrogen) atoms. The number of nitrogens with zero attached hydrogens (tertiary/aromatic N) is 1. The lowest BCUT2D eigenvalue weighted by atomic mass is 10.1. The molecule has 0 radical (unpaired) electrons. The maximum Gasteiger partial charge on any atom is 0.263 e. The number of hydrogen-bond donors (Lipinski definition) is 2. The Kier molecular flexibility index (Phi) is 4.85. The van der Waals surface area contributed by atoms with Gasteiger partial charge in [-0.3, -0.25) is 4.79 Å². The summed E-state index contributed by atoms with van der Waals surface area (Å²) in [6.45, 7) is 0. The Morgan fingerprint density at radius 2 is 1.72 bits per heavy atom. The number of anilines is 2. The zero-order valence-electron chi connectivity index (χ0n) is 13.8. The second kappa shape index (κ2) is 7.23. The van der Waals surface area contributed by atoms with Gasteiger partial charge in [0.15, 0.2) is 5.13 Å². The van der Waals surface area contributed by atoms with Crippen molar-refractivity contribution >= 4 is 28.1 Å². The number of ether oxygens (including phenoxy) is 2. The van der Waals surface area contributed by atoms with Crippen LogP contribution in [0.2, 0.25) is 0 Å². The second-order valence-corrected chi connectivity index (χ2v) is 6.03. The summed E-state index contributed by atoms with van der Waals surface area (Å²) in [4.78, 5) is 16.9. The maximum absolute atomic E-state index is 12.6. The molecule has 0 spiro atoms. The molecule has 0 aliphatic heterocycles. The Morgan fingerprint density at radius 3 is 2.24 bits per heavy atom. The predicted octanol–water partition coefficient (Wildman–Crippen LogP) is 3.66. The number of carbonyl (C=O) groups is 1. The van der Waals surface area contributed by atoms with Crippen LogP contribution in [0.1, 0.15) is 10.4 Å². The van der Waals surface area contributed by atoms with E-state index in [4.69, 9.17) is 15.2 Å². The number of aromatic nitrogens is 1. The third-order valence-corrected chi connectivity index (χ3v) is 4.29. The molecule has 3 aromatic rings. The van der Waals surface area contributed by atoms with E-state index in [2.05, 4.69) is 10.3 Å². The minimum Gasteiger partial charge on any atom is -0.496 e. The van der Waals surface area contributed by atoms with Gasteiger partial charge < -0.3 is 20.5 Å². The molecule has 0 aliphatic carbocycles. The molecule has 0 atom stereocenters. The van der Waals surface area contributed by atoms with E-state index in [0.29, 0.717) is 27.9 Å². The van der Waals surface area contributed by atoms with Gasteiger partial charge in [0, 0.05) is 16.6 Å². The molecule has 0 bridgehead atoms. The number of rotatable bonds is 5. The summed E-state index contributed by atoms with van der Waals surface area (Å²) in [7, 11) is 3.03. The van der Waals surface area contributed by atoms with Gasteiger partial charge >= 0.3 is 0 Å². The van der Waals surface area contributed by atoms with Gasteiger partial charge in [0.2, 0.25) is 0 Å². The summed E-state index contributed by atoms with van der Waals surface area (Å²) >= 11 is 1.39. The molecule has 128 valence electrons. The van der Waals surface area contributed by atoms with Crippen LogP contribution in [-0.4, -0.2) is 25.1 Å². The van der Waals surface area contributed by atoms with E-state index in [1.165, 1.54) is 25.6 Å². The molecule has 1 heterocycles. The number of amides is 1. The van der Waals surface area contributed by atoms with Crippen LogP contribution < -0.4 is 20.5 Å². The molecular weight excluding hydrogens is 338 g/mol. The SMILES string of the molecule is COc1cccc(OC)c1C(=O)Nc1ccc(-c2csc(N)n2)cc1. The largest absolute Gasteiger partial charge is 0.496 e. The first-order valence-electron chi connectivity index (χ1n) is 7.46. The van der Waals surface area contributed by atoms with E-state index < -0.39 is 0 Å². The van der Waals surface area contributed by atoms with Gasteiger partial charge in [0.1, 0.15) is 17.1 Å². The van der Waals surface area contributed by atoms with E-state index in [1.54, 1.807) is 18.2 Å². The van der Waals surface area contributed by atoms with E-state index in [9.17, 15) is 4.79 Å². The van der Waals surface area contributed by atoms with Crippen molar-refractivity contribution in [2.75, 3.05) is 25.3 Å². The average molecular weight is 355 g/mol. The van der Waals surface area contributed by atoms with E-state index in [0.717, 1.165) is 11.3 Å². The molecule has 3 N–H and O–H groups in total. The average Bonchev–Trinajstić information content (AvgIpc) is 3.07. The smallest absolute Gasteiger partial charge is 0.263 e. The lowest BCUT2D eigenvalue weighted by molar-refractivity contribution is 0.102. The highest BCUT2D eigenvalue weighted by Gasteiger charge is 2.18. The van der Waals surface area contributed by atoms with Crippen LogP contribution in [0.3, 0.4) is 0 Å². The van der Waals surface area contributed by atoms with Crippen molar-refractivity contribution in [3.8, 4) is 22.8 Å². The molecule has 0 unspecified atom stereocenters. The number of nitrogens with one attached hydrogen (secondary N) is 1. The fraction of sp³-hybridized carbons (Fsp3) is 0.111. The van der Waals surface area contributed by atoms with Crippen LogP contribution in [0.4, 0.5) is 10.8 Å². The number of hydrogen-bond acceptors (Lipinski definition) is 6. The fourth-order valence-electron chi connectivity index (χ4n) is 2.41. The Balaban J connectivity index is 1.82. The highest BCUT2D eigenvalue weighted by atomic mass is 32.1. The normalized spacial score (nSPS) is 10.3. The third-order valence-electron chi connectivity index (χ3n) is 3.62. The second-order valence-electron chi connectivity index (χ2n) is 5.14. The zero-order valence-corrected chi connectivity index (χ0v) is 14.6. The topological polar surface area (TPSA) is 86.5 Å². The van der Waals surface area contributed by atoms with E-state index in [-0.39, 0.29) is 5.91 Å². The maximum atomic E-state index is 12.6. The first kappa shape index (κ1) is 16.8. The fourth-order valence-corrected chi connectivity index (χ4v) is 2.99. The van der Waals surface area contributed by atoms with Crippen molar-refractivity contribution in [3.63, 3.8) is 0 Å². The number of nitrogen functional groups attached to an aromatic ring is 1. The summed E-state index contributed by atoms with van der Waals surface area (Å²) < 4.78 is 10.5. The summed E-state index contributed by atoms with van der Waals surface area (Å²) in [5, 5.41) is 5.27. The molecule has 0 fully saturated rings. The zero-order chi connectivity index (χ0) is 17.8.